The number of anilines is 2. The molecule has 0 aliphatic heterocycles. The van der Waals surface area contributed by atoms with Gasteiger partial charge in [0.25, 0.3) is 0 Å². The van der Waals surface area contributed by atoms with Gasteiger partial charge in [0, 0.05) is 19.5 Å². The number of carbonyl (C=O) groups excluding carboxylic acids is 1. The summed E-state index contributed by atoms with van der Waals surface area (Å²) in [5, 5.41) is 2.99. The number of hydrogen-bond donors (Lipinski definition) is 1. The lowest BCUT2D eigenvalue weighted by Crippen LogP contribution is -2.23. The number of hydrogen-bond acceptors (Lipinski definition) is 3. The summed E-state index contributed by atoms with van der Waals surface area (Å²) < 4.78 is 0. The number of amides is 1. The van der Waals surface area contributed by atoms with E-state index in [0.717, 1.165) is 30.3 Å². The zero-order valence-corrected chi connectivity index (χ0v) is 17.4. The Morgan fingerprint density at radius 1 is 0.897 bits per heavy atom. The molecule has 0 radical (unpaired) electrons. The Hall–Kier alpha value is -3.14. The van der Waals surface area contributed by atoms with Crippen LogP contribution in [0.25, 0.3) is 0 Å². The van der Waals surface area contributed by atoms with Gasteiger partial charge in [-0.15, -0.1) is 0 Å². The van der Waals surface area contributed by atoms with Gasteiger partial charge in [-0.2, -0.15) is 0 Å². The maximum atomic E-state index is 12.1. The molecule has 150 valence electrons. The monoisotopic (exact) mass is 387 g/mol. The van der Waals surface area contributed by atoms with E-state index >= 15 is 0 Å². The van der Waals surface area contributed by atoms with Crippen molar-refractivity contribution in [1.29, 1.82) is 0 Å². The molecule has 1 aromatic heterocycles. The smallest absolute Gasteiger partial charge is 0.224 e. The Morgan fingerprint density at radius 3 is 1.93 bits per heavy atom. The summed E-state index contributed by atoms with van der Waals surface area (Å²) in [5.41, 5.74) is 4.07. The van der Waals surface area contributed by atoms with E-state index in [2.05, 4.69) is 58.7 Å². The molecule has 0 saturated carbocycles. The largest absolute Gasteiger partial charge is 0.348 e. The summed E-state index contributed by atoms with van der Waals surface area (Å²) >= 11 is 0. The third-order valence-corrected chi connectivity index (χ3v) is 4.70. The molecule has 0 bridgehead atoms. The van der Waals surface area contributed by atoms with Crippen LogP contribution in [-0.4, -0.2) is 10.9 Å². The van der Waals surface area contributed by atoms with Crippen LogP contribution in [0.3, 0.4) is 0 Å². The van der Waals surface area contributed by atoms with Crippen LogP contribution < -0.4 is 10.2 Å². The molecule has 0 fully saturated rings. The van der Waals surface area contributed by atoms with Crippen molar-refractivity contribution >= 4 is 17.4 Å². The third-order valence-electron chi connectivity index (χ3n) is 4.70. The van der Waals surface area contributed by atoms with E-state index in [1.165, 1.54) is 11.1 Å². The van der Waals surface area contributed by atoms with E-state index in [4.69, 9.17) is 4.98 Å². The van der Waals surface area contributed by atoms with E-state index < -0.39 is 0 Å². The summed E-state index contributed by atoms with van der Waals surface area (Å²) in [4.78, 5) is 19.2. The summed E-state index contributed by atoms with van der Waals surface area (Å²) in [5.74, 6) is 1.26. The highest BCUT2D eigenvalue weighted by Gasteiger charge is 2.13. The van der Waals surface area contributed by atoms with Crippen molar-refractivity contribution in [2.45, 2.75) is 40.3 Å². The fraction of sp³-hybridized carbons (Fsp3) is 0.280. The highest BCUT2D eigenvalue weighted by Crippen LogP contribution is 2.23. The topological polar surface area (TPSA) is 45.2 Å². The van der Waals surface area contributed by atoms with Crippen molar-refractivity contribution in [1.82, 2.24) is 4.98 Å². The van der Waals surface area contributed by atoms with E-state index in [1.807, 2.05) is 45.0 Å². The molecule has 29 heavy (non-hydrogen) atoms. The van der Waals surface area contributed by atoms with Gasteiger partial charge in [0.1, 0.15) is 5.82 Å². The molecule has 2 aromatic carbocycles. The summed E-state index contributed by atoms with van der Waals surface area (Å²) in [6, 6.07) is 24.8. The Balaban J connectivity index is 1.82. The van der Waals surface area contributed by atoms with Crippen LogP contribution in [0.4, 0.5) is 11.5 Å². The zero-order valence-electron chi connectivity index (χ0n) is 17.4. The van der Waals surface area contributed by atoms with Crippen molar-refractivity contribution < 1.29 is 4.79 Å². The van der Waals surface area contributed by atoms with Gasteiger partial charge in [0.2, 0.25) is 5.91 Å². The Bertz CT molecular complexity index is 882. The molecule has 0 aliphatic rings. The number of rotatable bonds is 8. The van der Waals surface area contributed by atoms with Crippen LogP contribution in [0.2, 0.25) is 0 Å². The number of aromatic nitrogens is 1. The highest BCUT2D eigenvalue weighted by atomic mass is 16.1. The van der Waals surface area contributed by atoms with Gasteiger partial charge in [0.05, 0.1) is 11.4 Å². The molecule has 3 aromatic rings. The number of aryl methyl sites for hydroxylation is 1. The Kier molecular flexibility index (Phi) is 7.01. The molecule has 0 spiro atoms. The number of pyridine rings is 1. The van der Waals surface area contributed by atoms with Crippen LogP contribution in [0.5, 0.6) is 0 Å². The first kappa shape index (κ1) is 20.6. The number of carbonyl (C=O) groups is 1. The van der Waals surface area contributed by atoms with Crippen LogP contribution in [-0.2, 0) is 17.9 Å². The van der Waals surface area contributed by atoms with Crippen molar-refractivity contribution in [3.8, 4) is 0 Å². The van der Waals surface area contributed by atoms with Crippen LogP contribution in [0.1, 0.15) is 37.1 Å². The van der Waals surface area contributed by atoms with Gasteiger partial charge in [0.15, 0.2) is 0 Å². The van der Waals surface area contributed by atoms with E-state index in [-0.39, 0.29) is 5.91 Å². The average Bonchev–Trinajstić information content (AvgIpc) is 2.70. The molecule has 1 amide bonds. The lowest BCUT2D eigenvalue weighted by atomic mass is 10.1. The molecule has 0 saturated heterocycles. The minimum atomic E-state index is 0.0306. The fourth-order valence-electron chi connectivity index (χ4n) is 3.25. The molecule has 3 rings (SSSR count). The fourth-order valence-corrected chi connectivity index (χ4v) is 3.25. The first-order chi connectivity index (χ1) is 14.0. The predicted octanol–water partition coefficient (Wildman–Crippen LogP) is 5.58. The number of nitrogens with one attached hydrogen (secondary N) is 1. The van der Waals surface area contributed by atoms with E-state index in [9.17, 15) is 4.79 Å². The van der Waals surface area contributed by atoms with E-state index in [0.29, 0.717) is 12.3 Å². The van der Waals surface area contributed by atoms with Crippen molar-refractivity contribution in [3.63, 3.8) is 0 Å². The second-order valence-electron chi connectivity index (χ2n) is 7.78. The number of nitrogens with zero attached hydrogens (tertiary/aromatic N) is 2. The molecule has 1 heterocycles. The number of benzene rings is 2. The standard InChI is InChI=1S/C25H29N3O/c1-19(2)16-25(29)27-23-14-15-24(26-20(23)3)28(17-21-10-6-4-7-11-21)18-22-12-8-5-9-13-22/h4-15,19H,16-18H2,1-3H3,(H,27,29). The molecular weight excluding hydrogens is 358 g/mol. The van der Waals surface area contributed by atoms with E-state index in [1.54, 1.807) is 0 Å². The summed E-state index contributed by atoms with van der Waals surface area (Å²) in [7, 11) is 0. The van der Waals surface area contributed by atoms with Gasteiger partial charge in [-0.25, -0.2) is 4.98 Å². The maximum absolute atomic E-state index is 12.1. The normalized spacial score (nSPS) is 10.8. The summed E-state index contributed by atoms with van der Waals surface area (Å²) in [6.45, 7) is 7.55. The Labute approximate surface area is 173 Å². The molecular formula is C25H29N3O. The first-order valence-corrected chi connectivity index (χ1v) is 10.1. The quantitative estimate of drug-likeness (QED) is 0.549. The first-order valence-electron chi connectivity index (χ1n) is 10.1. The van der Waals surface area contributed by atoms with Gasteiger partial charge in [-0.3, -0.25) is 4.79 Å². The molecule has 0 aliphatic carbocycles. The van der Waals surface area contributed by atoms with Gasteiger partial charge in [-0.05, 0) is 36.1 Å². The second-order valence-corrected chi connectivity index (χ2v) is 7.78. The second kappa shape index (κ2) is 9.87. The third kappa shape index (κ3) is 6.18. The molecule has 4 nitrogen and oxygen atoms in total. The van der Waals surface area contributed by atoms with Gasteiger partial charge >= 0.3 is 0 Å². The van der Waals surface area contributed by atoms with Crippen LogP contribution >= 0.6 is 0 Å². The minimum absolute atomic E-state index is 0.0306. The van der Waals surface area contributed by atoms with Crippen molar-refractivity contribution in [2.24, 2.45) is 5.92 Å². The lowest BCUT2D eigenvalue weighted by molar-refractivity contribution is -0.116. The Morgan fingerprint density at radius 2 is 1.45 bits per heavy atom. The van der Waals surface area contributed by atoms with Gasteiger partial charge < -0.3 is 10.2 Å². The maximum Gasteiger partial charge on any atom is 0.224 e. The zero-order chi connectivity index (χ0) is 20.6. The van der Waals surface area contributed by atoms with Gasteiger partial charge in [-0.1, -0.05) is 74.5 Å². The lowest BCUT2D eigenvalue weighted by Gasteiger charge is -2.25. The SMILES string of the molecule is Cc1nc(N(Cc2ccccc2)Cc2ccccc2)ccc1NC(=O)CC(C)C. The average molecular weight is 388 g/mol. The molecule has 4 heteroatoms. The highest BCUT2D eigenvalue weighted by molar-refractivity contribution is 5.91. The van der Waals surface area contributed by atoms with Crippen LogP contribution in [0.15, 0.2) is 72.8 Å². The van der Waals surface area contributed by atoms with Crippen LogP contribution in [0, 0.1) is 12.8 Å². The minimum Gasteiger partial charge on any atom is -0.348 e. The van der Waals surface area contributed by atoms with Crippen molar-refractivity contribution in [2.75, 3.05) is 10.2 Å². The summed E-state index contributed by atoms with van der Waals surface area (Å²) in [6.07, 6.45) is 0.509. The molecule has 0 unspecified atom stereocenters. The van der Waals surface area contributed by atoms with Crippen molar-refractivity contribution in [3.05, 3.63) is 89.6 Å². The predicted molar refractivity (Wildman–Crippen MR) is 120 cm³/mol. The molecule has 1 N–H and O–H groups in total. The molecule has 0 atom stereocenters.